The van der Waals surface area contributed by atoms with Gasteiger partial charge in [-0.3, -0.25) is 9.59 Å². The minimum atomic E-state index is -0.887. The molecule has 2 aromatic rings. The Bertz CT molecular complexity index is 842. The van der Waals surface area contributed by atoms with Crippen LogP contribution >= 0.6 is 0 Å². The van der Waals surface area contributed by atoms with Gasteiger partial charge in [-0.1, -0.05) is 24.3 Å². The molecule has 0 aliphatic carbocycles. The van der Waals surface area contributed by atoms with Crippen LogP contribution in [0.4, 0.5) is 8.78 Å². The Balaban J connectivity index is 1.61. The first-order chi connectivity index (χ1) is 13.5. The van der Waals surface area contributed by atoms with Crippen LogP contribution in [0, 0.1) is 11.6 Å². The summed E-state index contributed by atoms with van der Waals surface area (Å²) in [6.07, 6.45) is 0.378. The third-order valence-electron chi connectivity index (χ3n) is 4.78. The molecule has 28 heavy (non-hydrogen) atoms. The summed E-state index contributed by atoms with van der Waals surface area (Å²) < 4.78 is 31.9. The zero-order chi connectivity index (χ0) is 20.1. The van der Waals surface area contributed by atoms with Crippen molar-refractivity contribution in [1.82, 2.24) is 10.2 Å². The van der Waals surface area contributed by atoms with E-state index in [1.54, 1.807) is 25.2 Å². The van der Waals surface area contributed by atoms with Gasteiger partial charge < -0.3 is 15.0 Å². The van der Waals surface area contributed by atoms with E-state index in [0.29, 0.717) is 24.9 Å². The summed E-state index contributed by atoms with van der Waals surface area (Å²) in [6.45, 7) is 0.207. The number of amides is 2. The maximum atomic E-state index is 13.2. The average molecular weight is 388 g/mol. The van der Waals surface area contributed by atoms with Crippen molar-refractivity contribution in [3.63, 3.8) is 0 Å². The molecule has 3 rings (SSSR count). The van der Waals surface area contributed by atoms with Gasteiger partial charge in [0.2, 0.25) is 5.91 Å². The highest BCUT2D eigenvalue weighted by Gasteiger charge is 2.39. The number of ether oxygens (including phenoxy) is 1. The number of likely N-dealkylation sites (N-methyl/N-ethyl adjacent to an activating group) is 1. The van der Waals surface area contributed by atoms with Gasteiger partial charge in [0.05, 0.1) is 6.04 Å². The van der Waals surface area contributed by atoms with Crippen molar-refractivity contribution in [3.05, 3.63) is 71.3 Å². The molecule has 1 heterocycles. The topological polar surface area (TPSA) is 58.6 Å². The first-order valence-electron chi connectivity index (χ1n) is 9.10. The van der Waals surface area contributed by atoms with Crippen LogP contribution in [-0.2, 0) is 20.7 Å². The van der Waals surface area contributed by atoms with Crippen LogP contribution in [0.2, 0.25) is 0 Å². The van der Waals surface area contributed by atoms with Gasteiger partial charge in [-0.15, -0.1) is 0 Å². The molecular weight excluding hydrogens is 366 g/mol. The number of rotatable bonds is 6. The van der Waals surface area contributed by atoms with Crippen LogP contribution < -0.4 is 5.32 Å². The van der Waals surface area contributed by atoms with Crippen LogP contribution in [0.1, 0.15) is 23.6 Å². The van der Waals surface area contributed by atoms with Crippen molar-refractivity contribution >= 4 is 11.8 Å². The van der Waals surface area contributed by atoms with Gasteiger partial charge in [-0.05, 0) is 48.2 Å². The molecule has 1 N–H and O–H groups in total. The first kappa shape index (κ1) is 19.9. The molecule has 5 nitrogen and oxygen atoms in total. The van der Waals surface area contributed by atoms with Crippen molar-refractivity contribution in [1.29, 1.82) is 0 Å². The maximum Gasteiger partial charge on any atom is 0.251 e. The minimum Gasteiger partial charge on any atom is -0.356 e. The van der Waals surface area contributed by atoms with Gasteiger partial charge in [0, 0.05) is 13.6 Å². The molecule has 0 bridgehead atoms. The Morgan fingerprint density at radius 2 is 1.93 bits per heavy atom. The lowest BCUT2D eigenvalue weighted by Gasteiger charge is -2.38. The fourth-order valence-electron chi connectivity index (χ4n) is 3.29. The normalized spacial score (nSPS) is 19.5. The molecule has 1 fully saturated rings. The molecule has 1 aliphatic heterocycles. The third-order valence-corrected chi connectivity index (χ3v) is 4.78. The number of hydrogen-bond acceptors (Lipinski definition) is 3. The van der Waals surface area contributed by atoms with Gasteiger partial charge in [-0.2, -0.15) is 0 Å². The molecule has 0 spiro atoms. The zero-order valence-corrected chi connectivity index (χ0v) is 15.5. The summed E-state index contributed by atoms with van der Waals surface area (Å²) in [5.74, 6) is -1.27. The Morgan fingerprint density at radius 3 is 2.64 bits per heavy atom. The highest BCUT2D eigenvalue weighted by atomic mass is 19.1. The average Bonchev–Trinajstić information content (AvgIpc) is 2.68. The van der Waals surface area contributed by atoms with Gasteiger partial charge in [0.25, 0.3) is 5.91 Å². The van der Waals surface area contributed by atoms with Crippen LogP contribution in [0.25, 0.3) is 0 Å². The van der Waals surface area contributed by atoms with Gasteiger partial charge in [0.1, 0.15) is 18.2 Å². The Morgan fingerprint density at radius 1 is 1.18 bits per heavy atom. The number of nitrogens with zero attached hydrogens (tertiary/aromatic N) is 1. The van der Waals surface area contributed by atoms with E-state index >= 15 is 0 Å². The molecule has 2 amide bonds. The summed E-state index contributed by atoms with van der Waals surface area (Å²) in [5.41, 5.74) is 1.48. The summed E-state index contributed by atoms with van der Waals surface area (Å²) in [7, 11) is 1.60. The molecule has 2 unspecified atom stereocenters. The highest BCUT2D eigenvalue weighted by Crippen LogP contribution is 2.29. The fraction of sp³-hybridized carbons (Fsp3) is 0.333. The summed E-state index contributed by atoms with van der Waals surface area (Å²) in [5, 5.41) is 2.81. The van der Waals surface area contributed by atoms with E-state index in [1.807, 2.05) is 6.07 Å². The lowest BCUT2D eigenvalue weighted by molar-refractivity contribution is -0.162. The smallest absolute Gasteiger partial charge is 0.251 e. The number of morpholine rings is 1. The van der Waals surface area contributed by atoms with Gasteiger partial charge >= 0.3 is 0 Å². The van der Waals surface area contributed by atoms with E-state index < -0.39 is 18.0 Å². The number of carbonyl (C=O) groups excluding carboxylic acids is 2. The number of nitrogens with one attached hydrogen (secondary N) is 1. The summed E-state index contributed by atoms with van der Waals surface area (Å²) >= 11 is 0. The Hall–Kier alpha value is -2.80. The largest absolute Gasteiger partial charge is 0.356 e. The maximum absolute atomic E-state index is 13.2. The van der Waals surface area contributed by atoms with Crippen LogP contribution in [0.5, 0.6) is 0 Å². The van der Waals surface area contributed by atoms with Crippen molar-refractivity contribution < 1.29 is 23.1 Å². The SMILES string of the molecule is CN1C(=O)COC(C(=O)NCCCc2cccc(F)c2)C1c1ccc(F)cc1. The number of benzene rings is 2. The van der Waals surface area contributed by atoms with Crippen LogP contribution in [0.3, 0.4) is 0 Å². The number of aryl methyl sites for hydroxylation is 1. The number of carbonyl (C=O) groups is 2. The second kappa shape index (κ2) is 8.93. The Kier molecular flexibility index (Phi) is 6.36. The van der Waals surface area contributed by atoms with Crippen LogP contribution in [0.15, 0.2) is 48.5 Å². The number of hydrogen-bond donors (Lipinski definition) is 1. The summed E-state index contributed by atoms with van der Waals surface area (Å²) in [4.78, 5) is 26.1. The van der Waals surface area contributed by atoms with E-state index in [4.69, 9.17) is 4.74 Å². The molecule has 0 saturated carbocycles. The van der Waals surface area contributed by atoms with Crippen molar-refractivity contribution in [3.8, 4) is 0 Å². The second-order valence-corrected chi connectivity index (χ2v) is 6.76. The first-order valence-corrected chi connectivity index (χ1v) is 9.10. The predicted molar refractivity (Wildman–Crippen MR) is 99.4 cm³/mol. The van der Waals surface area contributed by atoms with Crippen molar-refractivity contribution in [2.24, 2.45) is 0 Å². The molecule has 7 heteroatoms. The molecule has 2 atom stereocenters. The second-order valence-electron chi connectivity index (χ2n) is 6.76. The predicted octanol–water partition coefficient (Wildman–Crippen LogP) is 2.61. The van der Waals surface area contributed by atoms with E-state index in [0.717, 1.165) is 5.56 Å². The van der Waals surface area contributed by atoms with Crippen molar-refractivity contribution in [2.75, 3.05) is 20.2 Å². The lowest BCUT2D eigenvalue weighted by Crippen LogP contribution is -2.53. The van der Waals surface area contributed by atoms with E-state index in [2.05, 4.69) is 5.32 Å². The van der Waals surface area contributed by atoms with E-state index in [1.165, 1.54) is 29.2 Å². The fourth-order valence-corrected chi connectivity index (χ4v) is 3.29. The molecule has 2 aromatic carbocycles. The van der Waals surface area contributed by atoms with E-state index in [9.17, 15) is 18.4 Å². The number of halogens is 2. The molecule has 0 radical (unpaired) electrons. The minimum absolute atomic E-state index is 0.185. The zero-order valence-electron chi connectivity index (χ0n) is 15.5. The molecular formula is C21H22F2N2O3. The van der Waals surface area contributed by atoms with E-state index in [-0.39, 0.29) is 24.2 Å². The quantitative estimate of drug-likeness (QED) is 0.774. The van der Waals surface area contributed by atoms with Crippen LogP contribution in [-0.4, -0.2) is 43.0 Å². The van der Waals surface area contributed by atoms with Gasteiger partial charge in [-0.25, -0.2) is 8.78 Å². The van der Waals surface area contributed by atoms with Gasteiger partial charge in [0.15, 0.2) is 6.10 Å². The molecule has 148 valence electrons. The molecule has 1 aliphatic rings. The lowest BCUT2D eigenvalue weighted by atomic mass is 9.97. The Labute approximate surface area is 162 Å². The standard InChI is InChI=1S/C21H22F2N2O3/c1-25-18(26)13-28-20(19(25)15-7-9-16(22)10-8-15)21(27)24-11-3-5-14-4-2-6-17(23)12-14/h2,4,6-10,12,19-20H,3,5,11,13H2,1H3,(H,24,27). The monoisotopic (exact) mass is 388 g/mol. The molecule has 1 saturated heterocycles. The molecule has 0 aromatic heterocycles. The van der Waals surface area contributed by atoms with Crippen molar-refractivity contribution in [2.45, 2.75) is 25.0 Å². The third kappa shape index (κ3) is 4.72. The summed E-state index contributed by atoms with van der Waals surface area (Å²) in [6, 6.07) is 11.4. The highest BCUT2D eigenvalue weighted by molar-refractivity contribution is 5.86.